The van der Waals surface area contributed by atoms with Crippen molar-refractivity contribution >= 4 is 43.3 Å². The van der Waals surface area contributed by atoms with Crippen molar-refractivity contribution < 1.29 is 22.7 Å². The maximum Gasteiger partial charge on any atom is 0.355 e. The van der Waals surface area contributed by atoms with Crippen LogP contribution in [0.1, 0.15) is 15.5 Å². The van der Waals surface area contributed by atoms with Gasteiger partial charge < -0.3 is 5.11 Å². The fraction of sp³-hybridized carbons (Fsp3) is 0.0909. The van der Waals surface area contributed by atoms with E-state index in [1.807, 2.05) is 0 Å². The zero-order valence-electron chi connectivity index (χ0n) is 10.2. The van der Waals surface area contributed by atoms with Crippen LogP contribution in [-0.2, 0) is 16.6 Å². The monoisotopic (exact) mass is 394 g/mol. The number of aromatic carboxylic acids is 1. The third kappa shape index (κ3) is 3.84. The molecule has 0 unspecified atom stereocenters. The van der Waals surface area contributed by atoms with E-state index in [-0.39, 0.29) is 21.6 Å². The molecule has 0 aliphatic heterocycles. The molecule has 0 radical (unpaired) electrons. The molecule has 0 saturated carbocycles. The Morgan fingerprint density at radius 1 is 1.48 bits per heavy atom. The van der Waals surface area contributed by atoms with Gasteiger partial charge in [0.1, 0.15) is 10.8 Å². The van der Waals surface area contributed by atoms with Gasteiger partial charge in [0.15, 0.2) is 5.69 Å². The van der Waals surface area contributed by atoms with Crippen LogP contribution in [0.15, 0.2) is 32.9 Å². The molecule has 0 spiro atoms. The summed E-state index contributed by atoms with van der Waals surface area (Å²) in [5.74, 6) is -1.74. The van der Waals surface area contributed by atoms with Crippen molar-refractivity contribution in [2.45, 2.75) is 11.4 Å². The number of carbonyl (C=O) groups is 1. The number of rotatable bonds is 5. The number of hydrogen-bond donors (Lipinski definition) is 2. The quantitative estimate of drug-likeness (QED) is 0.810. The van der Waals surface area contributed by atoms with Gasteiger partial charge >= 0.3 is 5.97 Å². The van der Waals surface area contributed by atoms with E-state index >= 15 is 0 Å². The van der Waals surface area contributed by atoms with Gasteiger partial charge in [0.05, 0.1) is 11.4 Å². The van der Waals surface area contributed by atoms with Crippen LogP contribution in [0.25, 0.3) is 0 Å². The van der Waals surface area contributed by atoms with Crippen molar-refractivity contribution in [3.05, 3.63) is 44.6 Å². The standard InChI is InChI=1S/C11H8BrFN2O4S2/c12-7-3-6(13)1-2-9(7)21(18,19)14-4-10-15-8(5-20-10)11(16)17/h1-3,5,14H,4H2,(H,16,17). The Labute approximate surface area is 131 Å². The number of carboxylic acid groups (broad SMARTS) is 1. The highest BCUT2D eigenvalue weighted by molar-refractivity contribution is 9.10. The topological polar surface area (TPSA) is 96.4 Å². The molecule has 1 heterocycles. The average Bonchev–Trinajstić information content (AvgIpc) is 2.85. The Bertz CT molecular complexity index is 791. The van der Waals surface area contributed by atoms with Crippen LogP contribution in [0.4, 0.5) is 4.39 Å². The number of sulfonamides is 1. The maximum atomic E-state index is 13.0. The van der Waals surface area contributed by atoms with Gasteiger partial charge in [0, 0.05) is 9.85 Å². The largest absolute Gasteiger partial charge is 0.476 e. The van der Waals surface area contributed by atoms with Crippen LogP contribution in [0.5, 0.6) is 0 Å². The molecule has 0 fully saturated rings. The van der Waals surface area contributed by atoms with Crippen molar-refractivity contribution in [3.8, 4) is 0 Å². The van der Waals surface area contributed by atoms with E-state index < -0.39 is 21.8 Å². The Morgan fingerprint density at radius 3 is 2.76 bits per heavy atom. The molecule has 2 N–H and O–H groups in total. The molecule has 0 amide bonds. The first-order valence-electron chi connectivity index (χ1n) is 5.42. The van der Waals surface area contributed by atoms with Gasteiger partial charge in [-0.15, -0.1) is 11.3 Å². The minimum Gasteiger partial charge on any atom is -0.476 e. The van der Waals surface area contributed by atoms with Crippen molar-refractivity contribution in [3.63, 3.8) is 0 Å². The Morgan fingerprint density at radius 2 is 2.19 bits per heavy atom. The minimum atomic E-state index is -3.86. The van der Waals surface area contributed by atoms with Crippen LogP contribution >= 0.6 is 27.3 Å². The Balaban J connectivity index is 2.15. The second-order valence-electron chi connectivity index (χ2n) is 3.83. The van der Waals surface area contributed by atoms with Gasteiger partial charge in [-0.05, 0) is 34.1 Å². The lowest BCUT2D eigenvalue weighted by Gasteiger charge is -2.07. The number of thiazole rings is 1. The Hall–Kier alpha value is -1.36. The summed E-state index contributed by atoms with van der Waals surface area (Å²) in [5.41, 5.74) is -0.142. The first-order chi connectivity index (χ1) is 9.79. The number of hydrogen-bond acceptors (Lipinski definition) is 5. The van der Waals surface area contributed by atoms with E-state index in [0.29, 0.717) is 5.01 Å². The lowest BCUT2D eigenvalue weighted by molar-refractivity contribution is 0.0691. The molecular weight excluding hydrogens is 387 g/mol. The molecule has 0 aliphatic carbocycles. The molecule has 21 heavy (non-hydrogen) atoms. The average molecular weight is 395 g/mol. The van der Waals surface area contributed by atoms with Crippen LogP contribution in [0, 0.1) is 5.82 Å². The highest BCUT2D eigenvalue weighted by Crippen LogP contribution is 2.23. The molecule has 6 nitrogen and oxygen atoms in total. The Kier molecular flexibility index (Phi) is 4.71. The fourth-order valence-corrected chi connectivity index (χ4v) is 4.25. The summed E-state index contributed by atoms with van der Waals surface area (Å²) in [6.07, 6.45) is 0. The minimum absolute atomic E-state index is 0.0976. The lowest BCUT2D eigenvalue weighted by Crippen LogP contribution is -2.23. The highest BCUT2D eigenvalue weighted by atomic mass is 79.9. The number of halogens is 2. The number of aromatic nitrogens is 1. The SMILES string of the molecule is O=C(O)c1csc(CNS(=O)(=O)c2ccc(F)cc2Br)n1. The third-order valence-electron chi connectivity index (χ3n) is 2.37. The molecule has 0 bridgehead atoms. The van der Waals surface area contributed by atoms with Crippen LogP contribution in [0.2, 0.25) is 0 Å². The molecule has 112 valence electrons. The third-order valence-corrected chi connectivity index (χ3v) is 5.59. The predicted octanol–water partition coefficient (Wildman–Crippen LogP) is 2.22. The van der Waals surface area contributed by atoms with Crippen LogP contribution in [0.3, 0.4) is 0 Å². The molecule has 0 saturated heterocycles. The molecule has 0 atom stereocenters. The normalized spacial score (nSPS) is 11.5. The van der Waals surface area contributed by atoms with E-state index in [1.54, 1.807) is 0 Å². The molecule has 1 aromatic carbocycles. The number of nitrogens with one attached hydrogen (secondary N) is 1. The molecule has 10 heteroatoms. The zero-order valence-corrected chi connectivity index (χ0v) is 13.4. The van der Waals surface area contributed by atoms with Gasteiger partial charge in [-0.25, -0.2) is 27.3 Å². The van der Waals surface area contributed by atoms with Crippen LogP contribution in [-0.4, -0.2) is 24.5 Å². The first-order valence-corrected chi connectivity index (χ1v) is 8.57. The van der Waals surface area contributed by atoms with E-state index in [0.717, 1.165) is 29.5 Å². The highest BCUT2D eigenvalue weighted by Gasteiger charge is 2.19. The second-order valence-corrected chi connectivity index (χ2v) is 7.36. The van der Waals surface area contributed by atoms with Gasteiger partial charge in [-0.1, -0.05) is 0 Å². The summed E-state index contributed by atoms with van der Waals surface area (Å²) in [7, 11) is -3.86. The number of nitrogens with zero attached hydrogens (tertiary/aromatic N) is 1. The summed E-state index contributed by atoms with van der Waals surface area (Å²) in [4.78, 5) is 14.3. The van der Waals surface area contributed by atoms with Gasteiger partial charge in [0.2, 0.25) is 10.0 Å². The summed E-state index contributed by atoms with van der Waals surface area (Å²) in [6.45, 7) is -0.149. The zero-order chi connectivity index (χ0) is 15.6. The maximum absolute atomic E-state index is 13.0. The molecule has 1 aromatic heterocycles. The van der Waals surface area contributed by atoms with E-state index in [9.17, 15) is 17.6 Å². The van der Waals surface area contributed by atoms with Gasteiger partial charge in [-0.3, -0.25) is 0 Å². The van der Waals surface area contributed by atoms with Crippen molar-refractivity contribution in [1.82, 2.24) is 9.71 Å². The van der Waals surface area contributed by atoms with Gasteiger partial charge in [-0.2, -0.15) is 0 Å². The second kappa shape index (κ2) is 6.18. The van der Waals surface area contributed by atoms with E-state index in [4.69, 9.17) is 5.11 Å². The summed E-state index contributed by atoms with van der Waals surface area (Å²) < 4.78 is 39.5. The van der Waals surface area contributed by atoms with E-state index in [2.05, 4.69) is 25.6 Å². The van der Waals surface area contributed by atoms with Crippen molar-refractivity contribution in [2.75, 3.05) is 0 Å². The van der Waals surface area contributed by atoms with Crippen molar-refractivity contribution in [2.24, 2.45) is 0 Å². The number of carboxylic acids is 1. The lowest BCUT2D eigenvalue weighted by atomic mass is 10.3. The summed E-state index contributed by atoms with van der Waals surface area (Å²) in [6, 6.07) is 3.21. The molecular formula is C11H8BrFN2O4S2. The fourth-order valence-electron chi connectivity index (χ4n) is 1.42. The summed E-state index contributed by atoms with van der Waals surface area (Å²) in [5, 5.41) is 10.4. The smallest absolute Gasteiger partial charge is 0.355 e. The predicted molar refractivity (Wildman–Crippen MR) is 77.2 cm³/mol. The van der Waals surface area contributed by atoms with Gasteiger partial charge in [0.25, 0.3) is 0 Å². The number of benzene rings is 1. The van der Waals surface area contributed by atoms with Crippen molar-refractivity contribution in [1.29, 1.82) is 0 Å². The summed E-state index contributed by atoms with van der Waals surface area (Å²) >= 11 is 4.01. The van der Waals surface area contributed by atoms with E-state index in [1.165, 1.54) is 5.38 Å². The van der Waals surface area contributed by atoms with Crippen LogP contribution < -0.4 is 4.72 Å². The molecule has 0 aliphatic rings. The first kappa shape index (κ1) is 16.0. The molecule has 2 aromatic rings. The molecule has 2 rings (SSSR count).